The molecule has 1 N–H and O–H groups in total. The zero-order valence-electron chi connectivity index (χ0n) is 21.8. The summed E-state index contributed by atoms with van der Waals surface area (Å²) in [6, 6.07) is 13.2. The highest BCUT2D eigenvalue weighted by Crippen LogP contribution is 2.41. The molecule has 1 atom stereocenters. The van der Waals surface area contributed by atoms with Gasteiger partial charge >= 0.3 is 0 Å². The zero-order valence-corrected chi connectivity index (χ0v) is 22.6. The molecule has 3 aliphatic rings. The molecule has 0 radical (unpaired) electrons. The van der Waals surface area contributed by atoms with E-state index in [0.29, 0.717) is 62.4 Å². The number of carbonyl (C=O) groups is 2. The van der Waals surface area contributed by atoms with Crippen molar-refractivity contribution in [3.8, 4) is 5.75 Å². The summed E-state index contributed by atoms with van der Waals surface area (Å²) >= 11 is 0. The quantitative estimate of drug-likeness (QED) is 0.427. The van der Waals surface area contributed by atoms with Gasteiger partial charge in [-0.2, -0.15) is 4.31 Å². The maximum atomic E-state index is 13.7. The van der Waals surface area contributed by atoms with Crippen LogP contribution in [0.2, 0.25) is 0 Å². The van der Waals surface area contributed by atoms with E-state index in [2.05, 4.69) is 5.32 Å². The third kappa shape index (κ3) is 4.46. The first-order valence-corrected chi connectivity index (χ1v) is 14.8. The Hall–Kier alpha value is -3.47. The summed E-state index contributed by atoms with van der Waals surface area (Å²) in [4.78, 5) is 28.7. The lowest BCUT2D eigenvalue weighted by molar-refractivity contribution is -0.120. The van der Waals surface area contributed by atoms with Crippen LogP contribution in [0.1, 0.15) is 41.6 Å². The summed E-state index contributed by atoms with van der Waals surface area (Å²) in [6.45, 7) is 1.91. The van der Waals surface area contributed by atoms with E-state index in [1.54, 1.807) is 42.3 Å². The van der Waals surface area contributed by atoms with Crippen LogP contribution >= 0.6 is 0 Å². The lowest BCUT2D eigenvalue weighted by Gasteiger charge is -2.33. The summed E-state index contributed by atoms with van der Waals surface area (Å²) in [5.41, 5.74) is 2.83. The molecule has 0 saturated carbocycles. The zero-order chi connectivity index (χ0) is 27.1. The van der Waals surface area contributed by atoms with E-state index in [-0.39, 0.29) is 23.3 Å². The van der Waals surface area contributed by atoms with Crippen molar-refractivity contribution in [2.75, 3.05) is 43.6 Å². The highest BCUT2D eigenvalue weighted by atomic mass is 32.2. The molecule has 1 unspecified atom stereocenters. The Balaban J connectivity index is 1.28. The van der Waals surface area contributed by atoms with Crippen molar-refractivity contribution in [2.45, 2.75) is 43.0 Å². The van der Waals surface area contributed by atoms with Crippen LogP contribution < -0.4 is 15.0 Å². The van der Waals surface area contributed by atoms with Crippen molar-refractivity contribution in [3.63, 3.8) is 0 Å². The van der Waals surface area contributed by atoms with Crippen molar-refractivity contribution in [1.29, 1.82) is 0 Å². The van der Waals surface area contributed by atoms with E-state index in [1.807, 2.05) is 18.2 Å². The first-order valence-electron chi connectivity index (χ1n) is 13.3. The van der Waals surface area contributed by atoms with Gasteiger partial charge in [0.2, 0.25) is 15.9 Å². The molecule has 3 aromatic carbocycles. The third-order valence-corrected chi connectivity index (χ3v) is 9.70. The minimum absolute atomic E-state index is 0.0699. The topological polar surface area (TPSA) is 105 Å². The third-order valence-electron chi connectivity index (χ3n) is 7.80. The predicted octanol–water partition coefficient (Wildman–Crippen LogP) is 3.95. The Bertz CT molecular complexity index is 1570. The summed E-state index contributed by atoms with van der Waals surface area (Å²) < 4.78 is 39.4. The van der Waals surface area contributed by atoms with Gasteiger partial charge in [-0.05, 0) is 61.2 Å². The van der Waals surface area contributed by atoms with Crippen molar-refractivity contribution in [1.82, 2.24) is 4.31 Å². The van der Waals surface area contributed by atoms with Crippen molar-refractivity contribution < 1.29 is 27.5 Å². The normalized spacial score (nSPS) is 18.8. The Morgan fingerprint density at radius 3 is 2.87 bits per heavy atom. The number of hydrogen-bond acceptors (Lipinski definition) is 6. The van der Waals surface area contributed by atoms with E-state index in [0.717, 1.165) is 28.4 Å². The number of ether oxygens (including phenoxy) is 2. The van der Waals surface area contributed by atoms with Crippen molar-refractivity contribution in [3.05, 3.63) is 59.7 Å². The van der Waals surface area contributed by atoms with Crippen LogP contribution in [0.25, 0.3) is 10.8 Å². The molecule has 9 nitrogen and oxygen atoms in total. The van der Waals surface area contributed by atoms with Gasteiger partial charge in [-0.25, -0.2) is 8.42 Å². The largest absolute Gasteiger partial charge is 0.493 e. The molecule has 0 aliphatic carbocycles. The molecule has 3 aromatic rings. The number of nitrogens with one attached hydrogen (secondary N) is 1. The fraction of sp³-hybridized carbons (Fsp3) is 0.379. The minimum Gasteiger partial charge on any atom is -0.493 e. The standard InChI is InChI=1S/C29H31N3O6S/c1-37-16-5-14-31-24-11-10-23(21-6-4-7-22(27(21)24)29(31)34)30-28(33)25-8-2-3-15-32(25)39(35,36)20-9-12-26-19(18-20)13-17-38-26/h4,6-7,9-12,18,25H,2-3,5,8,13-17H2,1H3,(H,30,33). The average Bonchev–Trinajstić information content (AvgIpc) is 3.53. The van der Waals surface area contributed by atoms with Crippen LogP contribution in [0.3, 0.4) is 0 Å². The number of piperidine rings is 1. The second kappa shape index (κ2) is 10.3. The van der Waals surface area contributed by atoms with Crippen LogP contribution in [0, 0.1) is 0 Å². The van der Waals surface area contributed by atoms with Gasteiger partial charge in [-0.3, -0.25) is 9.59 Å². The molecule has 2 amide bonds. The number of amides is 2. The number of rotatable bonds is 8. The SMILES string of the molecule is COCCCN1C(=O)c2cccc3c(NC(=O)C4CCCCN4S(=O)(=O)c4ccc5c(c4)CCO5)ccc1c23. The molecule has 0 spiro atoms. The fourth-order valence-electron chi connectivity index (χ4n) is 5.87. The maximum Gasteiger partial charge on any atom is 0.258 e. The number of hydrogen-bond donors (Lipinski definition) is 1. The summed E-state index contributed by atoms with van der Waals surface area (Å²) in [5, 5.41) is 4.55. The summed E-state index contributed by atoms with van der Waals surface area (Å²) in [5.74, 6) is 0.272. The molecule has 0 aromatic heterocycles. The molecule has 0 bridgehead atoms. The number of carbonyl (C=O) groups excluding carboxylic acids is 2. The highest BCUT2D eigenvalue weighted by molar-refractivity contribution is 7.89. The van der Waals surface area contributed by atoms with Crippen molar-refractivity contribution >= 4 is 44.0 Å². The number of fused-ring (bicyclic) bond motifs is 1. The van der Waals surface area contributed by atoms with Gasteiger partial charge in [0.05, 0.1) is 17.2 Å². The number of nitrogens with zero attached hydrogens (tertiary/aromatic N) is 2. The Labute approximate surface area is 227 Å². The Morgan fingerprint density at radius 2 is 2.03 bits per heavy atom. The first-order chi connectivity index (χ1) is 18.9. The van der Waals surface area contributed by atoms with Gasteiger partial charge in [-0.15, -0.1) is 0 Å². The molecule has 1 saturated heterocycles. The lowest BCUT2D eigenvalue weighted by Crippen LogP contribution is -2.49. The first kappa shape index (κ1) is 25.8. The number of anilines is 2. The predicted molar refractivity (Wildman–Crippen MR) is 148 cm³/mol. The molecular weight excluding hydrogens is 518 g/mol. The maximum absolute atomic E-state index is 13.7. The van der Waals surface area contributed by atoms with Crippen LogP contribution in [-0.4, -0.2) is 64.0 Å². The highest BCUT2D eigenvalue weighted by Gasteiger charge is 2.38. The van der Waals surface area contributed by atoms with Gasteiger partial charge in [0.1, 0.15) is 11.8 Å². The van der Waals surface area contributed by atoms with Gasteiger partial charge in [0.25, 0.3) is 5.91 Å². The van der Waals surface area contributed by atoms with Crippen molar-refractivity contribution in [2.24, 2.45) is 0 Å². The summed E-state index contributed by atoms with van der Waals surface area (Å²) in [6.07, 6.45) is 3.27. The van der Waals surface area contributed by atoms with E-state index in [1.165, 1.54) is 4.31 Å². The Kier molecular flexibility index (Phi) is 6.78. The summed E-state index contributed by atoms with van der Waals surface area (Å²) in [7, 11) is -2.25. The van der Waals surface area contributed by atoms with E-state index >= 15 is 0 Å². The number of methoxy groups -OCH3 is 1. The molecule has 6 rings (SSSR count). The Morgan fingerprint density at radius 1 is 1.15 bits per heavy atom. The van der Waals surface area contributed by atoms with Gasteiger partial charge in [-0.1, -0.05) is 18.6 Å². The van der Waals surface area contributed by atoms with Crippen LogP contribution in [0.5, 0.6) is 5.75 Å². The minimum atomic E-state index is -3.89. The molecule has 10 heteroatoms. The lowest BCUT2D eigenvalue weighted by atomic mass is 10.0. The molecule has 3 aliphatic heterocycles. The van der Waals surface area contributed by atoms with E-state index < -0.39 is 16.1 Å². The van der Waals surface area contributed by atoms with Gasteiger partial charge in [0, 0.05) is 55.3 Å². The molecular formula is C29H31N3O6S. The monoisotopic (exact) mass is 549 g/mol. The van der Waals surface area contributed by atoms with Crippen LogP contribution in [-0.2, 0) is 26.0 Å². The average molecular weight is 550 g/mol. The van der Waals surface area contributed by atoms with E-state index in [4.69, 9.17) is 9.47 Å². The van der Waals surface area contributed by atoms with Gasteiger partial charge in [0.15, 0.2) is 0 Å². The molecule has 204 valence electrons. The smallest absolute Gasteiger partial charge is 0.258 e. The van der Waals surface area contributed by atoms with Crippen LogP contribution in [0.15, 0.2) is 53.4 Å². The fourth-order valence-corrected chi connectivity index (χ4v) is 7.58. The second-order valence-electron chi connectivity index (χ2n) is 10.1. The molecule has 3 heterocycles. The molecule has 1 fully saturated rings. The van der Waals surface area contributed by atoms with Gasteiger partial charge < -0.3 is 19.7 Å². The van der Waals surface area contributed by atoms with Crippen LogP contribution in [0.4, 0.5) is 11.4 Å². The number of sulfonamides is 1. The molecule has 39 heavy (non-hydrogen) atoms. The number of benzene rings is 3. The van der Waals surface area contributed by atoms with E-state index in [9.17, 15) is 18.0 Å². The second-order valence-corrected chi connectivity index (χ2v) is 12.0.